The molecule has 0 atom stereocenters. The van der Waals surface area contributed by atoms with Crippen LogP contribution in [0, 0.1) is 6.92 Å². The van der Waals surface area contributed by atoms with Crippen LogP contribution in [0.1, 0.15) is 15.9 Å². The molecule has 1 amide bonds. The second kappa shape index (κ2) is 9.46. The number of nitrogens with zero attached hydrogens (tertiary/aromatic N) is 2. The van der Waals surface area contributed by atoms with Crippen LogP contribution in [0.2, 0.25) is 0 Å². The van der Waals surface area contributed by atoms with E-state index in [9.17, 15) is 18.4 Å². The number of hydroxylamine groups is 1. The summed E-state index contributed by atoms with van der Waals surface area (Å²) in [5, 5.41) is 9.23. The SMILES string of the molecule is COc1ccc(S(=O)(=O)CN(c2cccnc2)c2c(C)cc(Br)cc2C(=O)NO)cc1. The molecular weight excluding hydrogens is 486 g/mol. The van der Waals surface area contributed by atoms with Crippen molar-refractivity contribution in [3.8, 4) is 5.75 Å². The highest BCUT2D eigenvalue weighted by Crippen LogP contribution is 2.35. The highest BCUT2D eigenvalue weighted by Gasteiger charge is 2.26. The number of carbonyl (C=O) groups is 1. The molecule has 0 saturated heterocycles. The van der Waals surface area contributed by atoms with E-state index in [0.29, 0.717) is 27.2 Å². The van der Waals surface area contributed by atoms with Gasteiger partial charge < -0.3 is 9.64 Å². The minimum atomic E-state index is -3.82. The maximum atomic E-state index is 13.3. The van der Waals surface area contributed by atoms with Crippen LogP contribution in [0.15, 0.2) is 70.3 Å². The van der Waals surface area contributed by atoms with Gasteiger partial charge >= 0.3 is 0 Å². The molecule has 8 nitrogen and oxygen atoms in total. The summed E-state index contributed by atoms with van der Waals surface area (Å²) in [7, 11) is -2.32. The second-order valence-corrected chi connectivity index (χ2v) is 9.49. The van der Waals surface area contributed by atoms with Gasteiger partial charge in [-0.05, 0) is 61.0 Å². The molecule has 1 heterocycles. The summed E-state index contributed by atoms with van der Waals surface area (Å²) in [6.07, 6.45) is 3.07. The van der Waals surface area contributed by atoms with Gasteiger partial charge in [0, 0.05) is 10.7 Å². The van der Waals surface area contributed by atoms with Crippen molar-refractivity contribution in [3.05, 3.63) is 76.5 Å². The highest BCUT2D eigenvalue weighted by molar-refractivity contribution is 9.10. The molecule has 0 saturated carbocycles. The lowest BCUT2D eigenvalue weighted by molar-refractivity contribution is 0.0707. The lowest BCUT2D eigenvalue weighted by Gasteiger charge is -2.28. The van der Waals surface area contributed by atoms with Crippen molar-refractivity contribution in [2.45, 2.75) is 11.8 Å². The first kappa shape index (κ1) is 22.7. The Hall–Kier alpha value is -2.95. The van der Waals surface area contributed by atoms with Crippen molar-refractivity contribution in [1.29, 1.82) is 0 Å². The first-order valence-electron chi connectivity index (χ1n) is 9.06. The number of pyridine rings is 1. The molecule has 1 aromatic heterocycles. The predicted octanol–water partition coefficient (Wildman–Crippen LogP) is 3.85. The van der Waals surface area contributed by atoms with Gasteiger partial charge in [0.2, 0.25) is 0 Å². The molecule has 0 unspecified atom stereocenters. The van der Waals surface area contributed by atoms with Crippen LogP contribution in [-0.2, 0) is 9.84 Å². The van der Waals surface area contributed by atoms with E-state index < -0.39 is 21.6 Å². The molecule has 3 rings (SSSR count). The van der Waals surface area contributed by atoms with E-state index >= 15 is 0 Å². The third-order valence-electron chi connectivity index (χ3n) is 4.56. The number of anilines is 2. The zero-order valence-electron chi connectivity index (χ0n) is 16.7. The van der Waals surface area contributed by atoms with Gasteiger partial charge in [0.15, 0.2) is 9.84 Å². The van der Waals surface area contributed by atoms with Gasteiger partial charge in [-0.1, -0.05) is 15.9 Å². The van der Waals surface area contributed by atoms with E-state index in [1.165, 1.54) is 36.4 Å². The number of sulfone groups is 1. The summed E-state index contributed by atoms with van der Waals surface area (Å²) in [4.78, 5) is 18.1. The number of amides is 1. The Morgan fingerprint density at radius 3 is 2.52 bits per heavy atom. The molecule has 0 aliphatic heterocycles. The number of hydrogen-bond donors (Lipinski definition) is 2. The number of hydrogen-bond acceptors (Lipinski definition) is 7. The average molecular weight is 506 g/mol. The number of rotatable bonds is 7. The molecule has 0 aliphatic rings. The van der Waals surface area contributed by atoms with Crippen molar-refractivity contribution in [3.63, 3.8) is 0 Å². The topological polar surface area (TPSA) is 109 Å². The van der Waals surface area contributed by atoms with Gasteiger partial charge in [0.25, 0.3) is 5.91 Å². The molecular formula is C21H20BrN3O5S. The third kappa shape index (κ3) is 5.04. The van der Waals surface area contributed by atoms with Gasteiger partial charge in [0.1, 0.15) is 11.6 Å². The summed E-state index contributed by atoms with van der Waals surface area (Å²) < 4.78 is 32.2. The third-order valence-corrected chi connectivity index (χ3v) is 6.60. The molecule has 0 radical (unpaired) electrons. The number of carbonyl (C=O) groups excluding carboxylic acids is 1. The summed E-state index contributed by atoms with van der Waals surface area (Å²) in [5.41, 5.74) is 3.15. The maximum absolute atomic E-state index is 13.3. The molecule has 0 spiro atoms. The van der Waals surface area contributed by atoms with Crippen LogP contribution in [0.3, 0.4) is 0 Å². The number of halogens is 1. The summed E-state index contributed by atoms with van der Waals surface area (Å²) in [5.74, 6) is -0.692. The quantitative estimate of drug-likeness (QED) is 0.370. The monoisotopic (exact) mass is 505 g/mol. The predicted molar refractivity (Wildman–Crippen MR) is 120 cm³/mol. The number of aromatic nitrogens is 1. The van der Waals surface area contributed by atoms with Crippen LogP contribution in [0.25, 0.3) is 0 Å². The van der Waals surface area contributed by atoms with E-state index in [-0.39, 0.29) is 10.5 Å². The molecule has 31 heavy (non-hydrogen) atoms. The normalized spacial score (nSPS) is 11.1. The fourth-order valence-electron chi connectivity index (χ4n) is 3.14. The molecule has 3 aromatic rings. The number of aryl methyl sites for hydroxylation is 1. The molecule has 10 heteroatoms. The molecule has 0 aliphatic carbocycles. The minimum absolute atomic E-state index is 0.100. The van der Waals surface area contributed by atoms with E-state index in [1.54, 1.807) is 48.9 Å². The summed E-state index contributed by atoms with van der Waals surface area (Å²) >= 11 is 3.34. The summed E-state index contributed by atoms with van der Waals surface area (Å²) in [6.45, 7) is 1.75. The first-order valence-corrected chi connectivity index (χ1v) is 11.5. The number of ether oxygens (including phenoxy) is 1. The fraction of sp³-hybridized carbons (Fsp3) is 0.143. The van der Waals surface area contributed by atoms with E-state index in [1.807, 2.05) is 0 Å². The van der Waals surface area contributed by atoms with Gasteiger partial charge in [-0.3, -0.25) is 15.0 Å². The smallest absolute Gasteiger partial charge is 0.276 e. The molecule has 0 fully saturated rings. The van der Waals surface area contributed by atoms with Crippen molar-refractivity contribution in [2.75, 3.05) is 17.9 Å². The van der Waals surface area contributed by atoms with E-state index in [4.69, 9.17) is 4.74 Å². The molecule has 2 N–H and O–H groups in total. The Kier molecular flexibility index (Phi) is 6.94. The lowest BCUT2D eigenvalue weighted by atomic mass is 10.1. The van der Waals surface area contributed by atoms with Crippen molar-refractivity contribution >= 4 is 43.0 Å². The fourth-order valence-corrected chi connectivity index (χ4v) is 5.03. The van der Waals surface area contributed by atoms with E-state index in [2.05, 4.69) is 20.9 Å². The zero-order valence-corrected chi connectivity index (χ0v) is 19.1. The summed E-state index contributed by atoms with van der Waals surface area (Å²) in [6, 6.07) is 12.7. The highest BCUT2D eigenvalue weighted by atomic mass is 79.9. The van der Waals surface area contributed by atoms with E-state index in [0.717, 1.165) is 0 Å². The first-order chi connectivity index (χ1) is 14.8. The Bertz CT molecular complexity index is 1190. The molecule has 2 aromatic carbocycles. The van der Waals surface area contributed by atoms with Crippen LogP contribution in [-0.4, -0.2) is 37.5 Å². The lowest BCUT2D eigenvalue weighted by Crippen LogP contribution is -2.30. The van der Waals surface area contributed by atoms with Gasteiger partial charge in [-0.2, -0.15) is 0 Å². The Balaban J connectivity index is 2.16. The second-order valence-electron chi connectivity index (χ2n) is 6.62. The van der Waals surface area contributed by atoms with Gasteiger partial charge in [-0.25, -0.2) is 13.9 Å². The minimum Gasteiger partial charge on any atom is -0.497 e. The number of nitrogens with one attached hydrogen (secondary N) is 1. The van der Waals surface area contributed by atoms with Crippen LogP contribution >= 0.6 is 15.9 Å². The van der Waals surface area contributed by atoms with Crippen molar-refractivity contribution in [1.82, 2.24) is 10.5 Å². The number of methoxy groups -OCH3 is 1. The Morgan fingerprint density at radius 2 is 1.94 bits per heavy atom. The number of benzene rings is 2. The molecule has 0 bridgehead atoms. The molecule has 162 valence electrons. The Morgan fingerprint density at radius 1 is 1.23 bits per heavy atom. The zero-order chi connectivity index (χ0) is 22.6. The van der Waals surface area contributed by atoms with Crippen molar-refractivity contribution in [2.24, 2.45) is 0 Å². The van der Waals surface area contributed by atoms with Gasteiger partial charge in [0.05, 0.1) is 35.1 Å². The maximum Gasteiger partial charge on any atom is 0.276 e. The Labute approximate surface area is 188 Å². The van der Waals surface area contributed by atoms with Crippen molar-refractivity contribution < 1.29 is 23.2 Å². The van der Waals surface area contributed by atoms with Crippen LogP contribution < -0.4 is 15.1 Å². The van der Waals surface area contributed by atoms with Gasteiger partial charge in [-0.15, -0.1) is 0 Å². The van der Waals surface area contributed by atoms with Crippen LogP contribution in [0.5, 0.6) is 5.75 Å². The van der Waals surface area contributed by atoms with Crippen LogP contribution in [0.4, 0.5) is 11.4 Å². The standard InChI is InChI=1S/C21H20BrN3O5S/c1-14-10-15(22)11-19(21(26)24-27)20(14)25(16-4-3-9-23-12-16)13-31(28,29)18-7-5-17(30-2)6-8-18/h3-12,27H,13H2,1-2H3,(H,24,26). The largest absolute Gasteiger partial charge is 0.497 e. The average Bonchev–Trinajstić information content (AvgIpc) is 2.77.